The van der Waals surface area contributed by atoms with Gasteiger partial charge in [0, 0.05) is 37.4 Å². The molecular weight excluding hydrogens is 466 g/mol. The summed E-state index contributed by atoms with van der Waals surface area (Å²) in [5.41, 5.74) is 5.28. The number of benzene rings is 3. The predicted octanol–water partition coefficient (Wildman–Crippen LogP) is 5.42. The summed E-state index contributed by atoms with van der Waals surface area (Å²) in [5, 5.41) is 3.03. The topological polar surface area (TPSA) is 52.7 Å². The van der Waals surface area contributed by atoms with Crippen LogP contribution in [0.5, 0.6) is 0 Å². The molecular formula is C30H33N3O2S. The van der Waals surface area contributed by atoms with Crippen LogP contribution >= 0.6 is 11.8 Å². The van der Waals surface area contributed by atoms with Crippen molar-refractivity contribution in [3.63, 3.8) is 0 Å². The van der Waals surface area contributed by atoms with Gasteiger partial charge in [-0.1, -0.05) is 54.6 Å². The zero-order valence-electron chi connectivity index (χ0n) is 20.6. The monoisotopic (exact) mass is 499 g/mol. The fraction of sp³-hybridized carbons (Fsp3) is 0.333. The molecule has 1 unspecified atom stereocenters. The van der Waals surface area contributed by atoms with Crippen LogP contribution in [0.1, 0.15) is 51.7 Å². The molecule has 0 radical (unpaired) electrons. The minimum Gasteiger partial charge on any atom is -0.372 e. The number of carbonyl (C=O) groups is 2. The Labute approximate surface area is 217 Å². The van der Waals surface area contributed by atoms with E-state index in [9.17, 15) is 9.59 Å². The normalized spacial score (nSPS) is 17.9. The van der Waals surface area contributed by atoms with E-state index in [1.54, 1.807) is 11.8 Å². The Morgan fingerprint density at radius 3 is 2.31 bits per heavy atom. The summed E-state index contributed by atoms with van der Waals surface area (Å²) >= 11 is 1.65. The number of rotatable bonds is 8. The van der Waals surface area contributed by atoms with E-state index < -0.39 is 0 Å². The van der Waals surface area contributed by atoms with E-state index in [0.717, 1.165) is 30.6 Å². The first-order valence-corrected chi connectivity index (χ1v) is 13.9. The van der Waals surface area contributed by atoms with Gasteiger partial charge in [0.25, 0.3) is 5.91 Å². The molecule has 2 amide bonds. The number of nitrogens with zero attached hydrogens (tertiary/aromatic N) is 2. The molecule has 2 heterocycles. The summed E-state index contributed by atoms with van der Waals surface area (Å²) in [4.78, 5) is 29.7. The molecule has 3 aromatic carbocycles. The number of anilines is 1. The van der Waals surface area contributed by atoms with E-state index in [-0.39, 0.29) is 17.2 Å². The van der Waals surface area contributed by atoms with Crippen LogP contribution in [-0.4, -0.2) is 42.1 Å². The van der Waals surface area contributed by atoms with Crippen LogP contribution in [0.15, 0.2) is 78.9 Å². The molecule has 1 atom stereocenters. The van der Waals surface area contributed by atoms with Gasteiger partial charge in [0.15, 0.2) is 0 Å². The Bertz CT molecular complexity index is 1160. The highest BCUT2D eigenvalue weighted by atomic mass is 32.2. The number of nitrogens with one attached hydrogen (secondary N) is 1. The van der Waals surface area contributed by atoms with Crippen molar-refractivity contribution < 1.29 is 9.59 Å². The maximum atomic E-state index is 12.8. The van der Waals surface area contributed by atoms with Crippen molar-refractivity contribution in [2.24, 2.45) is 0 Å². The smallest absolute Gasteiger partial charge is 0.251 e. The van der Waals surface area contributed by atoms with Crippen molar-refractivity contribution in [3.8, 4) is 0 Å². The molecule has 0 aliphatic carbocycles. The third-order valence-corrected chi connectivity index (χ3v) is 8.28. The molecule has 186 valence electrons. The molecule has 0 aromatic heterocycles. The average Bonchev–Trinajstić information content (AvgIpc) is 3.32. The van der Waals surface area contributed by atoms with E-state index in [4.69, 9.17) is 0 Å². The van der Waals surface area contributed by atoms with E-state index in [1.807, 2.05) is 47.4 Å². The summed E-state index contributed by atoms with van der Waals surface area (Å²) < 4.78 is 0. The lowest BCUT2D eigenvalue weighted by Gasteiger charge is -2.28. The lowest BCUT2D eigenvalue weighted by molar-refractivity contribution is -0.128. The summed E-state index contributed by atoms with van der Waals surface area (Å²) in [6.07, 6.45) is 4.69. The first kappa shape index (κ1) is 24.4. The summed E-state index contributed by atoms with van der Waals surface area (Å²) in [5.74, 6) is 0.588. The van der Waals surface area contributed by atoms with Crippen LogP contribution < -0.4 is 10.2 Å². The standard InChI is InChI=1S/C30H33N3O2S/c34-28-22-36-30(33(28)20-17-23-7-3-1-4-8-23)26-13-11-25(12-14-26)29(35)31-21-24-9-15-27(16-10-24)32-18-5-2-6-19-32/h1,3-4,7-16,30H,2,5-6,17-22H2,(H,31,35). The maximum Gasteiger partial charge on any atom is 0.251 e. The maximum absolute atomic E-state index is 12.8. The first-order valence-electron chi connectivity index (χ1n) is 12.8. The Morgan fingerprint density at radius 1 is 0.861 bits per heavy atom. The highest BCUT2D eigenvalue weighted by molar-refractivity contribution is 8.00. The van der Waals surface area contributed by atoms with Gasteiger partial charge in [-0.25, -0.2) is 0 Å². The summed E-state index contributed by atoms with van der Waals surface area (Å²) in [6.45, 7) is 3.45. The number of piperidine rings is 1. The first-order chi connectivity index (χ1) is 17.7. The second kappa shape index (κ2) is 11.7. The van der Waals surface area contributed by atoms with E-state index in [1.165, 1.54) is 30.5 Å². The third kappa shape index (κ3) is 5.93. The second-order valence-electron chi connectivity index (χ2n) is 9.50. The Kier molecular flexibility index (Phi) is 7.91. The SMILES string of the molecule is O=C(NCc1ccc(N2CCCCC2)cc1)c1ccc(C2SCC(=O)N2CCc2ccccc2)cc1. The van der Waals surface area contributed by atoms with Crippen LogP contribution in [0.3, 0.4) is 0 Å². The Hall–Kier alpha value is -3.25. The largest absolute Gasteiger partial charge is 0.372 e. The Morgan fingerprint density at radius 2 is 1.58 bits per heavy atom. The molecule has 5 nitrogen and oxygen atoms in total. The van der Waals surface area contributed by atoms with Crippen molar-refractivity contribution in [1.29, 1.82) is 0 Å². The molecule has 2 aliphatic rings. The van der Waals surface area contributed by atoms with Gasteiger partial charge in [-0.05, 0) is 66.6 Å². The van der Waals surface area contributed by atoms with Gasteiger partial charge < -0.3 is 15.1 Å². The third-order valence-electron chi connectivity index (χ3n) is 7.02. The van der Waals surface area contributed by atoms with Crippen LogP contribution in [0.2, 0.25) is 0 Å². The number of thioether (sulfide) groups is 1. The number of amides is 2. The molecule has 36 heavy (non-hydrogen) atoms. The van der Waals surface area contributed by atoms with Crippen LogP contribution in [0.25, 0.3) is 0 Å². The molecule has 6 heteroatoms. The fourth-order valence-electron chi connectivity index (χ4n) is 4.93. The molecule has 2 fully saturated rings. The van der Waals surface area contributed by atoms with Gasteiger partial charge in [-0.2, -0.15) is 0 Å². The van der Waals surface area contributed by atoms with Gasteiger partial charge >= 0.3 is 0 Å². The summed E-state index contributed by atoms with van der Waals surface area (Å²) in [7, 11) is 0. The quantitative estimate of drug-likeness (QED) is 0.449. The van der Waals surface area contributed by atoms with Gasteiger partial charge in [0.05, 0.1) is 5.75 Å². The molecule has 2 saturated heterocycles. The van der Waals surface area contributed by atoms with Gasteiger partial charge in [0.2, 0.25) is 5.91 Å². The number of hydrogen-bond donors (Lipinski definition) is 1. The van der Waals surface area contributed by atoms with Crippen molar-refractivity contribution in [3.05, 3.63) is 101 Å². The lowest BCUT2D eigenvalue weighted by atomic mass is 10.1. The van der Waals surface area contributed by atoms with Crippen molar-refractivity contribution >= 4 is 29.3 Å². The molecule has 0 spiro atoms. The minimum atomic E-state index is -0.0854. The van der Waals surface area contributed by atoms with E-state index in [2.05, 4.69) is 46.6 Å². The molecule has 0 saturated carbocycles. The van der Waals surface area contributed by atoms with Crippen molar-refractivity contribution in [2.75, 3.05) is 30.3 Å². The van der Waals surface area contributed by atoms with Crippen LogP contribution in [0.4, 0.5) is 5.69 Å². The zero-order chi connectivity index (χ0) is 24.7. The highest BCUT2D eigenvalue weighted by Crippen LogP contribution is 2.38. The fourth-order valence-corrected chi connectivity index (χ4v) is 6.15. The highest BCUT2D eigenvalue weighted by Gasteiger charge is 2.32. The zero-order valence-corrected chi connectivity index (χ0v) is 21.4. The minimum absolute atomic E-state index is 0.00302. The molecule has 5 rings (SSSR count). The second-order valence-corrected chi connectivity index (χ2v) is 10.6. The molecule has 3 aromatic rings. The Balaban J connectivity index is 1.15. The van der Waals surface area contributed by atoms with E-state index >= 15 is 0 Å². The van der Waals surface area contributed by atoms with Gasteiger partial charge in [-0.15, -0.1) is 11.8 Å². The van der Waals surface area contributed by atoms with Crippen molar-refractivity contribution in [1.82, 2.24) is 10.2 Å². The van der Waals surface area contributed by atoms with Crippen LogP contribution in [0, 0.1) is 0 Å². The van der Waals surface area contributed by atoms with Gasteiger partial charge in [0.1, 0.15) is 5.37 Å². The van der Waals surface area contributed by atoms with Gasteiger partial charge in [-0.3, -0.25) is 9.59 Å². The molecule has 0 bridgehead atoms. The number of carbonyl (C=O) groups excluding carboxylic acids is 2. The molecule has 2 aliphatic heterocycles. The lowest BCUT2D eigenvalue weighted by Crippen LogP contribution is -2.30. The molecule has 1 N–H and O–H groups in total. The average molecular weight is 500 g/mol. The van der Waals surface area contributed by atoms with E-state index in [0.29, 0.717) is 24.4 Å². The predicted molar refractivity (Wildman–Crippen MR) is 147 cm³/mol. The summed E-state index contributed by atoms with van der Waals surface area (Å²) in [6, 6.07) is 26.5. The van der Waals surface area contributed by atoms with Crippen molar-refractivity contribution in [2.45, 2.75) is 37.6 Å². The number of hydrogen-bond acceptors (Lipinski definition) is 4. The van der Waals surface area contributed by atoms with Crippen LogP contribution in [-0.2, 0) is 17.8 Å².